The molecule has 0 saturated carbocycles. The number of rotatable bonds is 9. The molecule has 33 heavy (non-hydrogen) atoms. The van der Waals surface area contributed by atoms with Crippen molar-refractivity contribution < 1.29 is 33.5 Å². The summed E-state index contributed by atoms with van der Waals surface area (Å²) in [5.41, 5.74) is 1.29. The zero-order chi connectivity index (χ0) is 24.0. The molecule has 0 radical (unpaired) electrons. The minimum atomic E-state index is -0.718. The number of benzene rings is 2. The highest BCUT2D eigenvalue weighted by molar-refractivity contribution is 6.15. The topological polar surface area (TPSA) is 137 Å². The van der Waals surface area contributed by atoms with Gasteiger partial charge in [0.05, 0.1) is 18.6 Å². The van der Waals surface area contributed by atoms with Crippen molar-refractivity contribution in [2.45, 2.75) is 13.5 Å². The summed E-state index contributed by atoms with van der Waals surface area (Å²) in [5, 5.41) is 13.2. The van der Waals surface area contributed by atoms with Crippen LogP contribution in [-0.4, -0.2) is 48.0 Å². The maximum absolute atomic E-state index is 12.4. The second-order valence-electron chi connectivity index (χ2n) is 6.81. The second kappa shape index (κ2) is 10.3. The summed E-state index contributed by atoms with van der Waals surface area (Å²) >= 11 is 0. The molecule has 1 N–H and O–H groups in total. The predicted octanol–water partition coefficient (Wildman–Crippen LogP) is 2.64. The summed E-state index contributed by atoms with van der Waals surface area (Å²) in [6, 6.07) is 10.2. The number of nitrogens with zero attached hydrogens (tertiary/aromatic N) is 2. The Hall–Kier alpha value is -4.41. The molecule has 1 aliphatic heterocycles. The van der Waals surface area contributed by atoms with E-state index in [4.69, 9.17) is 9.47 Å². The molecule has 2 aromatic carbocycles. The average molecular weight is 455 g/mol. The average Bonchev–Trinajstić information content (AvgIpc) is 3.06. The van der Waals surface area contributed by atoms with Crippen LogP contribution in [-0.2, 0) is 20.9 Å². The van der Waals surface area contributed by atoms with Crippen molar-refractivity contribution in [1.29, 1.82) is 0 Å². The number of methoxy groups -OCH3 is 1. The van der Waals surface area contributed by atoms with Gasteiger partial charge in [0.25, 0.3) is 11.6 Å². The van der Waals surface area contributed by atoms with Gasteiger partial charge in [-0.1, -0.05) is 6.07 Å². The number of carbonyl (C=O) groups excluding carboxylic acids is 3. The molecule has 0 aliphatic carbocycles. The first-order valence-corrected chi connectivity index (χ1v) is 9.86. The summed E-state index contributed by atoms with van der Waals surface area (Å²) < 4.78 is 15.9. The van der Waals surface area contributed by atoms with E-state index in [1.165, 1.54) is 18.2 Å². The van der Waals surface area contributed by atoms with Gasteiger partial charge in [0.15, 0.2) is 11.5 Å². The van der Waals surface area contributed by atoms with Gasteiger partial charge >= 0.3 is 12.0 Å². The van der Waals surface area contributed by atoms with Crippen LogP contribution in [0.25, 0.3) is 6.08 Å². The van der Waals surface area contributed by atoms with Gasteiger partial charge in [-0.15, -0.1) is 0 Å². The Morgan fingerprint density at radius 3 is 2.48 bits per heavy atom. The van der Waals surface area contributed by atoms with Crippen molar-refractivity contribution in [2.24, 2.45) is 0 Å². The number of nitro benzene ring substituents is 1. The van der Waals surface area contributed by atoms with Crippen LogP contribution in [0.1, 0.15) is 18.1 Å². The molecule has 1 heterocycles. The fourth-order valence-corrected chi connectivity index (χ4v) is 2.95. The summed E-state index contributed by atoms with van der Waals surface area (Å²) in [5.74, 6) is -0.516. The van der Waals surface area contributed by atoms with Gasteiger partial charge < -0.3 is 19.5 Å². The lowest BCUT2D eigenvalue weighted by Crippen LogP contribution is -2.36. The molecule has 11 heteroatoms. The minimum absolute atomic E-state index is 0.00546. The highest BCUT2D eigenvalue weighted by Gasteiger charge is 2.35. The minimum Gasteiger partial charge on any atom is -0.490 e. The predicted molar refractivity (Wildman–Crippen MR) is 115 cm³/mol. The van der Waals surface area contributed by atoms with Crippen LogP contribution < -0.4 is 14.8 Å². The quantitative estimate of drug-likeness (QED) is 0.200. The zero-order valence-electron chi connectivity index (χ0n) is 17.9. The van der Waals surface area contributed by atoms with Gasteiger partial charge in [-0.05, 0) is 48.4 Å². The van der Waals surface area contributed by atoms with Crippen LogP contribution in [0.5, 0.6) is 11.5 Å². The van der Waals surface area contributed by atoms with Crippen LogP contribution in [0.2, 0.25) is 0 Å². The number of urea groups is 1. The first-order valence-electron chi connectivity index (χ1n) is 9.86. The number of non-ortho nitro benzene ring substituents is 1. The molecule has 0 aromatic heterocycles. The number of nitrogens with one attached hydrogen (secondary N) is 1. The number of hydrogen-bond donors (Lipinski definition) is 1. The number of imide groups is 1. The molecule has 0 unspecified atom stereocenters. The molecule has 0 bridgehead atoms. The molecular weight excluding hydrogens is 434 g/mol. The van der Waals surface area contributed by atoms with E-state index >= 15 is 0 Å². The molecule has 11 nitrogen and oxygen atoms in total. The molecule has 3 amide bonds. The standard InChI is InChI=1S/C22H21N3O8/c1-3-32-19-11-15(10-17-21(27)24(22(28)23-17)12-20(26)31-2)6-9-18(19)33-13-14-4-7-16(8-5-14)25(29)30/h4-11H,3,12-13H2,1-2H3,(H,23,28). The van der Waals surface area contributed by atoms with Gasteiger partial charge in [-0.3, -0.25) is 19.7 Å². The van der Waals surface area contributed by atoms with E-state index in [-0.39, 0.29) is 18.0 Å². The summed E-state index contributed by atoms with van der Waals surface area (Å²) in [6.07, 6.45) is 1.46. The van der Waals surface area contributed by atoms with Gasteiger partial charge in [-0.25, -0.2) is 9.69 Å². The first kappa shape index (κ1) is 23.3. The smallest absolute Gasteiger partial charge is 0.329 e. The molecule has 1 aliphatic rings. The van der Waals surface area contributed by atoms with Gasteiger partial charge in [-0.2, -0.15) is 0 Å². The van der Waals surface area contributed by atoms with Crippen LogP contribution >= 0.6 is 0 Å². The van der Waals surface area contributed by atoms with E-state index in [1.807, 2.05) is 0 Å². The molecule has 172 valence electrons. The number of nitro groups is 1. The van der Waals surface area contributed by atoms with Crippen LogP contribution in [0.4, 0.5) is 10.5 Å². The SMILES string of the molecule is CCOc1cc(C=C2NC(=O)N(CC(=O)OC)C2=O)ccc1OCc1ccc([N+](=O)[O-])cc1. The molecule has 0 atom stereocenters. The highest BCUT2D eigenvalue weighted by atomic mass is 16.6. The van der Waals surface area contributed by atoms with Gasteiger partial charge in [0.2, 0.25) is 0 Å². The lowest BCUT2D eigenvalue weighted by molar-refractivity contribution is -0.384. The Balaban J connectivity index is 1.75. The molecule has 3 rings (SSSR count). The Morgan fingerprint density at radius 2 is 1.85 bits per heavy atom. The van der Waals surface area contributed by atoms with Crippen molar-refractivity contribution in [3.8, 4) is 11.5 Å². The zero-order valence-corrected chi connectivity index (χ0v) is 17.9. The fourth-order valence-electron chi connectivity index (χ4n) is 2.95. The van der Waals surface area contributed by atoms with E-state index in [2.05, 4.69) is 10.1 Å². The Bertz CT molecular complexity index is 1110. The molecule has 0 spiro atoms. The molecular formula is C22H21N3O8. The van der Waals surface area contributed by atoms with Crippen molar-refractivity contribution in [3.63, 3.8) is 0 Å². The van der Waals surface area contributed by atoms with E-state index in [1.54, 1.807) is 37.3 Å². The number of esters is 1. The molecule has 1 saturated heterocycles. The number of ether oxygens (including phenoxy) is 3. The van der Waals surface area contributed by atoms with E-state index in [0.717, 1.165) is 17.6 Å². The lowest BCUT2D eigenvalue weighted by Gasteiger charge is -2.13. The van der Waals surface area contributed by atoms with Crippen LogP contribution in [0.3, 0.4) is 0 Å². The summed E-state index contributed by atoms with van der Waals surface area (Å²) in [7, 11) is 1.16. The number of hydrogen-bond acceptors (Lipinski definition) is 8. The third kappa shape index (κ3) is 5.64. The molecule has 1 fully saturated rings. The van der Waals surface area contributed by atoms with Crippen molar-refractivity contribution in [3.05, 3.63) is 69.4 Å². The van der Waals surface area contributed by atoms with E-state index in [9.17, 15) is 24.5 Å². The maximum Gasteiger partial charge on any atom is 0.329 e. The normalized spacial score (nSPS) is 14.2. The Morgan fingerprint density at radius 1 is 1.12 bits per heavy atom. The van der Waals surface area contributed by atoms with Crippen molar-refractivity contribution in [2.75, 3.05) is 20.3 Å². The van der Waals surface area contributed by atoms with Crippen molar-refractivity contribution >= 4 is 29.7 Å². The Kier molecular flexibility index (Phi) is 7.24. The van der Waals surface area contributed by atoms with Crippen LogP contribution in [0.15, 0.2) is 48.2 Å². The number of carbonyl (C=O) groups is 3. The van der Waals surface area contributed by atoms with Gasteiger partial charge in [0.1, 0.15) is 18.8 Å². The third-order valence-electron chi connectivity index (χ3n) is 4.60. The van der Waals surface area contributed by atoms with E-state index in [0.29, 0.717) is 23.7 Å². The monoisotopic (exact) mass is 455 g/mol. The lowest BCUT2D eigenvalue weighted by atomic mass is 10.1. The second-order valence-corrected chi connectivity index (χ2v) is 6.81. The van der Waals surface area contributed by atoms with Crippen molar-refractivity contribution in [1.82, 2.24) is 10.2 Å². The first-order chi connectivity index (χ1) is 15.8. The summed E-state index contributed by atoms with van der Waals surface area (Å²) in [6.45, 7) is 1.83. The highest BCUT2D eigenvalue weighted by Crippen LogP contribution is 2.30. The fraction of sp³-hybridized carbons (Fsp3) is 0.227. The van der Waals surface area contributed by atoms with Gasteiger partial charge in [0, 0.05) is 12.1 Å². The molecule has 2 aromatic rings. The largest absolute Gasteiger partial charge is 0.490 e. The van der Waals surface area contributed by atoms with E-state index < -0.39 is 29.4 Å². The Labute approximate surface area is 188 Å². The maximum atomic E-state index is 12.4. The summed E-state index contributed by atoms with van der Waals surface area (Å²) in [4.78, 5) is 46.9. The third-order valence-corrected chi connectivity index (χ3v) is 4.60. The van der Waals surface area contributed by atoms with Crippen LogP contribution in [0, 0.1) is 10.1 Å². The number of amides is 3.